The molecule has 0 atom stereocenters. The first-order chi connectivity index (χ1) is 15.6. The molecular formula is C24H17Cl2N3O2S. The van der Waals surface area contributed by atoms with Crippen LogP contribution in [0.4, 0.5) is 11.4 Å². The van der Waals surface area contributed by atoms with Gasteiger partial charge in [0.1, 0.15) is 5.75 Å². The fourth-order valence-corrected chi connectivity index (χ4v) is 4.72. The number of amides is 1. The van der Waals surface area contributed by atoms with Gasteiger partial charge in [0.05, 0.1) is 23.6 Å². The molecule has 0 unspecified atom stereocenters. The molecule has 1 amide bonds. The monoisotopic (exact) mass is 481 g/mol. The van der Waals surface area contributed by atoms with E-state index in [1.54, 1.807) is 0 Å². The lowest BCUT2D eigenvalue weighted by molar-refractivity contribution is -0.118. The van der Waals surface area contributed by atoms with Crippen LogP contribution in [-0.2, 0) is 11.3 Å². The van der Waals surface area contributed by atoms with Gasteiger partial charge < -0.3 is 14.6 Å². The van der Waals surface area contributed by atoms with E-state index in [2.05, 4.69) is 15.3 Å². The summed E-state index contributed by atoms with van der Waals surface area (Å²) in [5.74, 6) is 0.495. The van der Waals surface area contributed by atoms with Crippen LogP contribution in [0.3, 0.4) is 0 Å². The molecule has 5 rings (SSSR count). The molecule has 0 spiro atoms. The minimum absolute atomic E-state index is 0.0292. The number of fused-ring (bicyclic) bond motifs is 1. The highest BCUT2D eigenvalue weighted by atomic mass is 35.5. The summed E-state index contributed by atoms with van der Waals surface area (Å²) in [6.45, 7) is 0.576. The Morgan fingerprint density at radius 3 is 2.69 bits per heavy atom. The van der Waals surface area contributed by atoms with Gasteiger partial charge in [0, 0.05) is 21.0 Å². The Labute approximate surface area is 198 Å². The Kier molecular flexibility index (Phi) is 5.74. The minimum atomic E-state index is -0.165. The Bertz CT molecular complexity index is 1380. The van der Waals surface area contributed by atoms with Crippen LogP contribution in [0, 0.1) is 0 Å². The number of ether oxygens (including phenoxy) is 1. The molecule has 0 saturated heterocycles. The van der Waals surface area contributed by atoms with Crippen molar-refractivity contribution in [2.24, 2.45) is 4.99 Å². The average Bonchev–Trinajstić information content (AvgIpc) is 3.18. The Hall–Kier alpha value is -3.06. The first-order valence-corrected chi connectivity index (χ1v) is 11.5. The second-order valence-electron chi connectivity index (χ2n) is 7.22. The Balaban J connectivity index is 1.64. The van der Waals surface area contributed by atoms with Crippen LogP contribution >= 0.6 is 34.5 Å². The molecule has 0 radical (unpaired) electrons. The summed E-state index contributed by atoms with van der Waals surface area (Å²) in [6.07, 6.45) is 0. The van der Waals surface area contributed by atoms with Crippen molar-refractivity contribution in [1.29, 1.82) is 0 Å². The van der Waals surface area contributed by atoms with Crippen molar-refractivity contribution in [3.63, 3.8) is 0 Å². The number of nitrogens with zero attached hydrogens (tertiary/aromatic N) is 2. The standard InChI is InChI=1S/C24H17Cl2N3O2S/c25-17-6-8-18(9-7-17)27-24-29(12-16-3-1-2-4-19(16)26)21(14-32-24)15-5-10-22-20(11-15)28-23(30)13-31-22/h1-11,14H,12-13H2,(H,28,30). The molecule has 4 aromatic rings. The lowest BCUT2D eigenvalue weighted by Gasteiger charge is -2.19. The number of carbonyl (C=O) groups is 1. The van der Waals surface area contributed by atoms with Gasteiger partial charge in [-0.25, -0.2) is 4.99 Å². The van der Waals surface area contributed by atoms with Crippen LogP contribution < -0.4 is 14.9 Å². The first kappa shape index (κ1) is 20.8. The maximum Gasteiger partial charge on any atom is 0.262 e. The molecule has 2 heterocycles. The van der Waals surface area contributed by atoms with Gasteiger partial charge in [-0.2, -0.15) is 0 Å². The molecule has 1 N–H and O–H groups in total. The van der Waals surface area contributed by atoms with Crippen LogP contribution in [0.15, 0.2) is 77.1 Å². The van der Waals surface area contributed by atoms with E-state index in [9.17, 15) is 4.79 Å². The smallest absolute Gasteiger partial charge is 0.262 e. The van der Waals surface area contributed by atoms with Crippen molar-refractivity contribution in [3.8, 4) is 17.0 Å². The number of halogens is 2. The van der Waals surface area contributed by atoms with Gasteiger partial charge >= 0.3 is 0 Å². The number of hydrogen-bond acceptors (Lipinski definition) is 4. The molecule has 1 aliphatic heterocycles. The molecule has 0 aliphatic carbocycles. The zero-order valence-corrected chi connectivity index (χ0v) is 19.0. The van der Waals surface area contributed by atoms with E-state index in [0.717, 1.165) is 27.3 Å². The highest BCUT2D eigenvalue weighted by molar-refractivity contribution is 7.07. The van der Waals surface area contributed by atoms with Crippen LogP contribution in [0.25, 0.3) is 11.3 Å². The van der Waals surface area contributed by atoms with Crippen molar-refractivity contribution >= 4 is 51.8 Å². The maximum atomic E-state index is 11.8. The van der Waals surface area contributed by atoms with Crippen LogP contribution in [0.5, 0.6) is 5.75 Å². The highest BCUT2D eigenvalue weighted by Gasteiger charge is 2.18. The van der Waals surface area contributed by atoms with E-state index in [-0.39, 0.29) is 12.5 Å². The van der Waals surface area contributed by atoms with Crippen LogP contribution in [-0.4, -0.2) is 17.1 Å². The fourth-order valence-electron chi connectivity index (χ4n) is 3.47. The summed E-state index contributed by atoms with van der Waals surface area (Å²) in [7, 11) is 0. The third kappa shape index (κ3) is 4.30. The number of thiazole rings is 1. The molecule has 0 saturated carbocycles. The topological polar surface area (TPSA) is 55.6 Å². The number of nitrogens with one attached hydrogen (secondary N) is 1. The van der Waals surface area contributed by atoms with E-state index >= 15 is 0 Å². The Morgan fingerprint density at radius 2 is 1.88 bits per heavy atom. The van der Waals surface area contributed by atoms with Crippen molar-refractivity contribution in [2.75, 3.05) is 11.9 Å². The van der Waals surface area contributed by atoms with Gasteiger partial charge in [-0.3, -0.25) is 4.79 Å². The third-order valence-electron chi connectivity index (χ3n) is 5.04. The molecule has 8 heteroatoms. The van der Waals surface area contributed by atoms with E-state index in [4.69, 9.17) is 32.9 Å². The maximum absolute atomic E-state index is 11.8. The van der Waals surface area contributed by atoms with Crippen molar-refractivity contribution < 1.29 is 9.53 Å². The lowest BCUT2D eigenvalue weighted by atomic mass is 10.1. The summed E-state index contributed by atoms with van der Waals surface area (Å²) < 4.78 is 7.62. The summed E-state index contributed by atoms with van der Waals surface area (Å²) in [6, 6.07) is 20.9. The number of benzene rings is 3. The summed E-state index contributed by atoms with van der Waals surface area (Å²) in [5, 5.41) is 6.29. The van der Waals surface area contributed by atoms with Gasteiger partial charge in [-0.05, 0) is 54.1 Å². The summed E-state index contributed by atoms with van der Waals surface area (Å²) in [5.41, 5.74) is 4.36. The van der Waals surface area contributed by atoms with Crippen molar-refractivity contribution in [1.82, 2.24) is 4.57 Å². The zero-order chi connectivity index (χ0) is 22.1. The fraction of sp³-hybridized carbons (Fsp3) is 0.0833. The van der Waals surface area contributed by atoms with Crippen molar-refractivity contribution in [3.05, 3.63) is 92.5 Å². The normalized spacial score (nSPS) is 13.4. The lowest BCUT2D eigenvalue weighted by Crippen LogP contribution is -2.25. The van der Waals surface area contributed by atoms with Gasteiger partial charge in [-0.15, -0.1) is 11.3 Å². The highest BCUT2D eigenvalue weighted by Crippen LogP contribution is 2.33. The van der Waals surface area contributed by atoms with Crippen molar-refractivity contribution in [2.45, 2.75) is 6.54 Å². The number of anilines is 1. The minimum Gasteiger partial charge on any atom is -0.482 e. The predicted molar refractivity (Wildman–Crippen MR) is 129 cm³/mol. The van der Waals surface area contributed by atoms with Gasteiger partial charge in [-0.1, -0.05) is 41.4 Å². The second kappa shape index (κ2) is 8.82. The zero-order valence-electron chi connectivity index (χ0n) is 16.7. The average molecular weight is 482 g/mol. The second-order valence-corrected chi connectivity index (χ2v) is 8.90. The molecule has 1 aromatic heterocycles. The molecule has 160 valence electrons. The van der Waals surface area contributed by atoms with Crippen LogP contribution in [0.2, 0.25) is 10.0 Å². The number of rotatable bonds is 4. The van der Waals surface area contributed by atoms with E-state index in [1.165, 1.54) is 11.3 Å². The van der Waals surface area contributed by atoms with Crippen LogP contribution in [0.1, 0.15) is 5.56 Å². The van der Waals surface area contributed by atoms with Gasteiger partial charge in [0.2, 0.25) is 0 Å². The number of hydrogen-bond donors (Lipinski definition) is 1. The SMILES string of the molecule is O=C1COc2ccc(-c3csc(=Nc4ccc(Cl)cc4)n3Cc3ccccc3Cl)cc2N1. The molecule has 32 heavy (non-hydrogen) atoms. The predicted octanol–water partition coefficient (Wildman–Crippen LogP) is 6.14. The summed E-state index contributed by atoms with van der Waals surface area (Å²) in [4.78, 5) is 17.4. The van der Waals surface area contributed by atoms with E-state index in [1.807, 2.05) is 66.7 Å². The summed E-state index contributed by atoms with van der Waals surface area (Å²) >= 11 is 14.0. The first-order valence-electron chi connectivity index (χ1n) is 9.86. The van der Waals surface area contributed by atoms with E-state index < -0.39 is 0 Å². The molecule has 0 bridgehead atoms. The molecular weight excluding hydrogens is 465 g/mol. The van der Waals surface area contributed by atoms with Gasteiger partial charge in [0.15, 0.2) is 11.4 Å². The molecule has 1 aliphatic rings. The third-order valence-corrected chi connectivity index (χ3v) is 6.53. The Morgan fingerprint density at radius 1 is 1.06 bits per heavy atom. The van der Waals surface area contributed by atoms with Gasteiger partial charge in [0.25, 0.3) is 5.91 Å². The molecule has 5 nitrogen and oxygen atoms in total. The largest absolute Gasteiger partial charge is 0.482 e. The molecule has 0 fully saturated rings. The molecule has 3 aromatic carbocycles. The number of carbonyl (C=O) groups excluding carboxylic acids is 1. The van der Waals surface area contributed by atoms with E-state index in [0.29, 0.717) is 28.0 Å². The number of aromatic nitrogens is 1. The quantitative estimate of drug-likeness (QED) is 0.380.